The minimum absolute atomic E-state index is 0.0619. The first kappa shape index (κ1) is 14.1. The summed E-state index contributed by atoms with van der Waals surface area (Å²) in [6.07, 6.45) is 0. The molecule has 0 aliphatic rings. The van der Waals surface area contributed by atoms with Gasteiger partial charge >= 0.3 is 0 Å². The molecule has 3 nitrogen and oxygen atoms in total. The van der Waals surface area contributed by atoms with Gasteiger partial charge in [-0.05, 0) is 61.4 Å². The summed E-state index contributed by atoms with van der Waals surface area (Å²) in [6, 6.07) is 13.3. The van der Waals surface area contributed by atoms with Crippen LogP contribution in [0.5, 0.6) is 5.75 Å². The summed E-state index contributed by atoms with van der Waals surface area (Å²) in [4.78, 5) is 12.1. The Kier molecular flexibility index (Phi) is 4.41. The van der Waals surface area contributed by atoms with Crippen molar-refractivity contribution in [3.05, 3.63) is 59.2 Å². The van der Waals surface area contributed by atoms with Gasteiger partial charge in [-0.2, -0.15) is 0 Å². The molecule has 2 aromatic rings. The molecule has 0 aromatic heterocycles. The lowest BCUT2D eigenvalue weighted by Gasteiger charge is -2.08. The van der Waals surface area contributed by atoms with Gasteiger partial charge in [0.25, 0.3) is 0 Å². The summed E-state index contributed by atoms with van der Waals surface area (Å²) in [5.41, 5.74) is 4.03. The molecule has 0 atom stereocenters. The number of benzene rings is 2. The summed E-state index contributed by atoms with van der Waals surface area (Å²) in [6.45, 7) is 4.38. The molecule has 20 heavy (non-hydrogen) atoms. The molecule has 0 heterocycles. The third kappa shape index (κ3) is 3.60. The minimum atomic E-state index is 0.0619. The Labute approximate surface area is 119 Å². The number of ether oxygens (including phenoxy) is 1. The summed E-state index contributed by atoms with van der Waals surface area (Å²) in [5, 5.41) is 3.17. The highest BCUT2D eigenvalue weighted by Crippen LogP contribution is 2.15. The number of hydrogen-bond acceptors (Lipinski definition) is 3. The monoisotopic (exact) mass is 269 g/mol. The van der Waals surface area contributed by atoms with Crippen LogP contribution in [0.25, 0.3) is 0 Å². The molecule has 0 amide bonds. The number of carbonyl (C=O) groups is 1. The third-order valence-corrected chi connectivity index (χ3v) is 3.09. The van der Waals surface area contributed by atoms with E-state index in [1.165, 1.54) is 11.1 Å². The Morgan fingerprint density at radius 1 is 1.05 bits per heavy atom. The van der Waals surface area contributed by atoms with Crippen molar-refractivity contribution in [2.24, 2.45) is 0 Å². The Morgan fingerprint density at radius 3 is 2.20 bits per heavy atom. The highest BCUT2D eigenvalue weighted by atomic mass is 16.5. The van der Waals surface area contributed by atoms with Crippen LogP contribution >= 0.6 is 0 Å². The van der Waals surface area contributed by atoms with Crippen molar-refractivity contribution in [2.75, 3.05) is 19.0 Å². The van der Waals surface area contributed by atoms with E-state index < -0.39 is 0 Å². The fourth-order valence-corrected chi connectivity index (χ4v) is 2.14. The number of aryl methyl sites for hydroxylation is 2. The number of nitrogens with one attached hydrogen (secondary N) is 1. The van der Waals surface area contributed by atoms with Crippen molar-refractivity contribution < 1.29 is 9.53 Å². The number of hydrogen-bond donors (Lipinski definition) is 1. The predicted octanol–water partition coefficient (Wildman–Crippen LogP) is 3.61. The number of Topliss-reactive ketones (excluding diaryl/α,β-unsaturated/α-hetero) is 1. The van der Waals surface area contributed by atoms with Crippen LogP contribution in [0.1, 0.15) is 21.5 Å². The molecule has 0 unspecified atom stereocenters. The summed E-state index contributed by atoms with van der Waals surface area (Å²) in [5.74, 6) is 0.815. The van der Waals surface area contributed by atoms with Gasteiger partial charge in [-0.25, -0.2) is 0 Å². The van der Waals surface area contributed by atoms with E-state index in [9.17, 15) is 4.79 Å². The Balaban J connectivity index is 2.00. The Hall–Kier alpha value is -2.29. The van der Waals surface area contributed by atoms with Gasteiger partial charge in [0.1, 0.15) is 5.75 Å². The van der Waals surface area contributed by atoms with Crippen LogP contribution in [0, 0.1) is 13.8 Å². The second-order valence-corrected chi connectivity index (χ2v) is 4.88. The first-order valence-electron chi connectivity index (χ1n) is 6.58. The van der Waals surface area contributed by atoms with Gasteiger partial charge in [0.15, 0.2) is 5.78 Å². The highest BCUT2D eigenvalue weighted by molar-refractivity contribution is 5.99. The van der Waals surface area contributed by atoms with Crippen LogP contribution in [0.2, 0.25) is 0 Å². The molecular formula is C17H19NO2. The number of anilines is 1. The van der Waals surface area contributed by atoms with E-state index in [2.05, 4.69) is 11.4 Å². The maximum atomic E-state index is 12.1. The summed E-state index contributed by atoms with van der Waals surface area (Å²) >= 11 is 0. The average Bonchev–Trinajstić information content (AvgIpc) is 2.44. The summed E-state index contributed by atoms with van der Waals surface area (Å²) in [7, 11) is 1.61. The van der Waals surface area contributed by atoms with E-state index in [0.29, 0.717) is 5.56 Å². The third-order valence-electron chi connectivity index (χ3n) is 3.09. The van der Waals surface area contributed by atoms with Crippen molar-refractivity contribution >= 4 is 11.5 Å². The van der Waals surface area contributed by atoms with Crippen molar-refractivity contribution in [3.8, 4) is 5.75 Å². The fourth-order valence-electron chi connectivity index (χ4n) is 2.14. The zero-order valence-electron chi connectivity index (χ0n) is 12.1. The van der Waals surface area contributed by atoms with Gasteiger partial charge in [0.05, 0.1) is 13.7 Å². The van der Waals surface area contributed by atoms with E-state index in [1.54, 1.807) is 31.4 Å². The quantitative estimate of drug-likeness (QED) is 0.843. The van der Waals surface area contributed by atoms with Crippen LogP contribution in [-0.2, 0) is 0 Å². The predicted molar refractivity (Wildman–Crippen MR) is 81.7 cm³/mol. The van der Waals surface area contributed by atoms with E-state index in [4.69, 9.17) is 4.74 Å². The van der Waals surface area contributed by atoms with E-state index in [1.807, 2.05) is 26.0 Å². The number of carbonyl (C=O) groups excluding carboxylic acids is 1. The van der Waals surface area contributed by atoms with Crippen molar-refractivity contribution in [3.63, 3.8) is 0 Å². The van der Waals surface area contributed by atoms with Gasteiger partial charge in [-0.15, -0.1) is 0 Å². The molecular weight excluding hydrogens is 250 g/mol. The van der Waals surface area contributed by atoms with E-state index >= 15 is 0 Å². The molecule has 3 heteroatoms. The lowest BCUT2D eigenvalue weighted by Crippen LogP contribution is -2.14. The molecule has 0 saturated heterocycles. The van der Waals surface area contributed by atoms with Crippen LogP contribution in [0.3, 0.4) is 0 Å². The normalized spacial score (nSPS) is 10.2. The fraction of sp³-hybridized carbons (Fsp3) is 0.235. The van der Waals surface area contributed by atoms with Crippen molar-refractivity contribution in [1.82, 2.24) is 0 Å². The highest BCUT2D eigenvalue weighted by Gasteiger charge is 2.06. The molecule has 0 bridgehead atoms. The average molecular weight is 269 g/mol. The van der Waals surface area contributed by atoms with Gasteiger partial charge in [0.2, 0.25) is 0 Å². The van der Waals surface area contributed by atoms with Crippen molar-refractivity contribution in [1.29, 1.82) is 0 Å². The standard InChI is InChI=1S/C17H19NO2/c1-12-8-13(2)10-15(9-12)18-11-17(19)14-4-6-16(20-3)7-5-14/h4-10,18H,11H2,1-3H3. The number of ketones is 1. The molecule has 2 aromatic carbocycles. The molecule has 0 spiro atoms. The maximum Gasteiger partial charge on any atom is 0.181 e. The molecule has 0 radical (unpaired) electrons. The minimum Gasteiger partial charge on any atom is -0.497 e. The molecule has 2 rings (SSSR count). The molecule has 104 valence electrons. The zero-order chi connectivity index (χ0) is 14.5. The smallest absolute Gasteiger partial charge is 0.181 e. The molecule has 0 fully saturated rings. The first-order valence-corrected chi connectivity index (χ1v) is 6.58. The lowest BCUT2D eigenvalue weighted by atomic mass is 10.1. The summed E-state index contributed by atoms with van der Waals surface area (Å²) < 4.78 is 5.08. The van der Waals surface area contributed by atoms with Crippen molar-refractivity contribution in [2.45, 2.75) is 13.8 Å². The second-order valence-electron chi connectivity index (χ2n) is 4.88. The largest absolute Gasteiger partial charge is 0.497 e. The van der Waals surface area contributed by atoms with Crippen LogP contribution in [-0.4, -0.2) is 19.4 Å². The molecule has 0 aliphatic carbocycles. The van der Waals surface area contributed by atoms with Gasteiger partial charge in [0, 0.05) is 11.3 Å². The van der Waals surface area contributed by atoms with Gasteiger partial charge in [-0.3, -0.25) is 4.79 Å². The Bertz CT molecular complexity index is 583. The second kappa shape index (κ2) is 6.24. The van der Waals surface area contributed by atoms with Gasteiger partial charge < -0.3 is 10.1 Å². The van der Waals surface area contributed by atoms with Crippen LogP contribution < -0.4 is 10.1 Å². The van der Waals surface area contributed by atoms with Crippen LogP contribution in [0.15, 0.2) is 42.5 Å². The number of rotatable bonds is 5. The first-order chi connectivity index (χ1) is 9.58. The van der Waals surface area contributed by atoms with E-state index in [-0.39, 0.29) is 12.3 Å². The topological polar surface area (TPSA) is 38.3 Å². The van der Waals surface area contributed by atoms with Gasteiger partial charge in [-0.1, -0.05) is 6.07 Å². The molecule has 0 saturated carbocycles. The Morgan fingerprint density at radius 2 is 1.65 bits per heavy atom. The van der Waals surface area contributed by atoms with E-state index in [0.717, 1.165) is 11.4 Å². The lowest BCUT2D eigenvalue weighted by molar-refractivity contribution is 0.101. The van der Waals surface area contributed by atoms with Crippen LogP contribution in [0.4, 0.5) is 5.69 Å². The molecule has 0 aliphatic heterocycles. The SMILES string of the molecule is COc1ccc(C(=O)CNc2cc(C)cc(C)c2)cc1. The molecule has 1 N–H and O–H groups in total. The maximum absolute atomic E-state index is 12.1. The zero-order valence-corrected chi connectivity index (χ0v) is 12.1. The number of methoxy groups -OCH3 is 1.